The summed E-state index contributed by atoms with van der Waals surface area (Å²) >= 11 is 0. The van der Waals surface area contributed by atoms with Crippen molar-refractivity contribution in [3.05, 3.63) is 0 Å². The second kappa shape index (κ2) is 4.08. The molecule has 0 unspecified atom stereocenters. The molecule has 1 saturated heterocycles. The molecule has 0 saturated carbocycles. The number of nitrogens with one attached hydrogen (secondary N) is 1. The SMILES string of the molecule is COC(=O)[C@@H]1CCN1C(=O)NC(C)(C)C. The van der Waals surface area contributed by atoms with Crippen LogP contribution in [0.1, 0.15) is 27.2 Å². The number of esters is 1. The number of ether oxygens (including phenoxy) is 1. The summed E-state index contributed by atoms with van der Waals surface area (Å²) in [5, 5.41) is 2.81. The average Bonchev–Trinajstić information content (AvgIpc) is 1.97. The van der Waals surface area contributed by atoms with Gasteiger partial charge in [0, 0.05) is 12.1 Å². The van der Waals surface area contributed by atoms with Gasteiger partial charge in [-0.15, -0.1) is 0 Å². The Bertz CT molecular complexity index is 270. The Hall–Kier alpha value is -1.26. The minimum absolute atomic E-state index is 0.204. The van der Waals surface area contributed by atoms with Crippen LogP contribution in [0.15, 0.2) is 0 Å². The van der Waals surface area contributed by atoms with Gasteiger partial charge in [-0.05, 0) is 27.2 Å². The number of urea groups is 1. The summed E-state index contributed by atoms with van der Waals surface area (Å²) < 4.78 is 4.60. The number of carbonyl (C=O) groups excluding carboxylic acids is 2. The Balaban J connectivity index is 2.51. The van der Waals surface area contributed by atoms with Gasteiger partial charge in [-0.25, -0.2) is 9.59 Å². The van der Waals surface area contributed by atoms with Crippen molar-refractivity contribution in [2.24, 2.45) is 0 Å². The fourth-order valence-corrected chi connectivity index (χ4v) is 1.40. The zero-order chi connectivity index (χ0) is 11.6. The van der Waals surface area contributed by atoms with Crippen LogP contribution >= 0.6 is 0 Å². The third-order valence-corrected chi connectivity index (χ3v) is 2.24. The number of carbonyl (C=O) groups is 2. The standard InChI is InChI=1S/C10H18N2O3/c1-10(2,3)11-9(14)12-6-5-7(12)8(13)15-4/h7H,5-6H2,1-4H3,(H,11,14)/t7-/m0/s1. The van der Waals surface area contributed by atoms with Crippen molar-refractivity contribution in [2.45, 2.75) is 38.8 Å². The Kier molecular flexibility index (Phi) is 3.21. The summed E-state index contributed by atoms with van der Waals surface area (Å²) in [5.41, 5.74) is -0.284. The average molecular weight is 214 g/mol. The maximum Gasteiger partial charge on any atom is 0.328 e. The lowest BCUT2D eigenvalue weighted by atomic mass is 10.0. The van der Waals surface area contributed by atoms with E-state index in [4.69, 9.17) is 0 Å². The monoisotopic (exact) mass is 214 g/mol. The molecule has 1 atom stereocenters. The predicted octanol–water partition coefficient (Wildman–Crippen LogP) is 0.742. The topological polar surface area (TPSA) is 58.6 Å². The van der Waals surface area contributed by atoms with E-state index in [1.165, 1.54) is 12.0 Å². The summed E-state index contributed by atoms with van der Waals surface area (Å²) in [5.74, 6) is -0.342. The molecule has 0 spiro atoms. The fraction of sp³-hybridized carbons (Fsp3) is 0.800. The first-order chi connectivity index (χ1) is 6.85. The van der Waals surface area contributed by atoms with Crippen molar-refractivity contribution in [1.82, 2.24) is 10.2 Å². The molecule has 0 radical (unpaired) electrons. The molecule has 1 aliphatic rings. The van der Waals surface area contributed by atoms with Crippen molar-refractivity contribution in [3.8, 4) is 0 Å². The first-order valence-corrected chi connectivity index (χ1v) is 5.02. The summed E-state index contributed by atoms with van der Waals surface area (Å²) in [6.45, 7) is 6.31. The molecule has 1 heterocycles. The molecule has 1 fully saturated rings. The lowest BCUT2D eigenvalue weighted by Crippen LogP contribution is -2.60. The van der Waals surface area contributed by atoms with Gasteiger partial charge in [0.05, 0.1) is 7.11 Å². The highest BCUT2D eigenvalue weighted by atomic mass is 16.5. The van der Waals surface area contributed by atoms with E-state index >= 15 is 0 Å². The Morgan fingerprint density at radius 3 is 2.33 bits per heavy atom. The number of nitrogens with zero attached hydrogens (tertiary/aromatic N) is 1. The molecule has 0 aliphatic carbocycles. The molecule has 5 heteroatoms. The van der Waals surface area contributed by atoms with E-state index < -0.39 is 6.04 Å². The highest BCUT2D eigenvalue weighted by molar-refractivity contribution is 5.85. The molecule has 2 amide bonds. The molecule has 1 N–H and O–H groups in total. The largest absolute Gasteiger partial charge is 0.467 e. The van der Waals surface area contributed by atoms with E-state index in [0.717, 1.165) is 0 Å². The highest BCUT2D eigenvalue weighted by Gasteiger charge is 2.39. The van der Waals surface area contributed by atoms with Crippen molar-refractivity contribution in [1.29, 1.82) is 0 Å². The number of hydrogen-bond acceptors (Lipinski definition) is 3. The molecule has 0 aromatic rings. The van der Waals surface area contributed by atoms with Crippen LogP contribution in [0.4, 0.5) is 4.79 Å². The van der Waals surface area contributed by atoms with E-state index in [9.17, 15) is 9.59 Å². The van der Waals surface area contributed by atoms with Gasteiger partial charge < -0.3 is 15.0 Å². The van der Waals surface area contributed by atoms with Gasteiger partial charge in [0.2, 0.25) is 0 Å². The van der Waals surface area contributed by atoms with Crippen molar-refractivity contribution in [2.75, 3.05) is 13.7 Å². The second-order valence-electron chi connectivity index (χ2n) is 4.70. The molecule has 1 rings (SSSR count). The molecule has 0 aromatic heterocycles. The summed E-state index contributed by atoms with van der Waals surface area (Å²) in [4.78, 5) is 24.4. The van der Waals surface area contributed by atoms with Crippen LogP contribution in [0.2, 0.25) is 0 Å². The molecule has 5 nitrogen and oxygen atoms in total. The summed E-state index contributed by atoms with van der Waals surface area (Å²) in [6.07, 6.45) is 0.685. The van der Waals surface area contributed by atoms with Gasteiger partial charge in [-0.3, -0.25) is 0 Å². The Morgan fingerprint density at radius 2 is 2.00 bits per heavy atom. The molecule has 0 bridgehead atoms. The maximum atomic E-state index is 11.7. The van der Waals surface area contributed by atoms with Crippen LogP contribution in [0.3, 0.4) is 0 Å². The Morgan fingerprint density at radius 1 is 1.40 bits per heavy atom. The quantitative estimate of drug-likeness (QED) is 0.655. The molecule has 1 aliphatic heterocycles. The molecule has 86 valence electrons. The van der Waals surface area contributed by atoms with Crippen molar-refractivity contribution in [3.63, 3.8) is 0 Å². The van der Waals surface area contributed by atoms with Crippen LogP contribution in [-0.4, -0.2) is 42.1 Å². The molecular formula is C10H18N2O3. The van der Waals surface area contributed by atoms with Crippen molar-refractivity contribution >= 4 is 12.0 Å². The van der Waals surface area contributed by atoms with Gasteiger partial charge >= 0.3 is 12.0 Å². The normalized spacial score (nSPS) is 20.5. The summed E-state index contributed by atoms with van der Waals surface area (Å²) in [6, 6.07) is -0.610. The fourth-order valence-electron chi connectivity index (χ4n) is 1.40. The number of methoxy groups -OCH3 is 1. The maximum absolute atomic E-state index is 11.7. The third-order valence-electron chi connectivity index (χ3n) is 2.24. The predicted molar refractivity (Wildman–Crippen MR) is 55.4 cm³/mol. The second-order valence-corrected chi connectivity index (χ2v) is 4.70. The first kappa shape index (κ1) is 11.8. The van der Waals surface area contributed by atoms with Gasteiger partial charge in [-0.2, -0.15) is 0 Å². The van der Waals surface area contributed by atoms with E-state index in [2.05, 4.69) is 10.1 Å². The smallest absolute Gasteiger partial charge is 0.328 e. The van der Waals surface area contributed by atoms with Crippen LogP contribution in [0.5, 0.6) is 0 Å². The minimum Gasteiger partial charge on any atom is -0.467 e. The third kappa shape index (κ3) is 2.84. The highest BCUT2D eigenvalue weighted by Crippen LogP contribution is 2.19. The number of rotatable bonds is 1. The van der Waals surface area contributed by atoms with Gasteiger partial charge in [0.25, 0.3) is 0 Å². The van der Waals surface area contributed by atoms with Crippen LogP contribution in [0, 0.1) is 0 Å². The van der Waals surface area contributed by atoms with Crippen LogP contribution < -0.4 is 5.32 Å². The van der Waals surface area contributed by atoms with E-state index in [1.54, 1.807) is 0 Å². The Labute approximate surface area is 89.8 Å². The van der Waals surface area contributed by atoms with E-state index in [0.29, 0.717) is 13.0 Å². The van der Waals surface area contributed by atoms with Gasteiger partial charge in [0.15, 0.2) is 0 Å². The zero-order valence-corrected chi connectivity index (χ0v) is 9.66. The van der Waals surface area contributed by atoms with E-state index in [-0.39, 0.29) is 17.5 Å². The van der Waals surface area contributed by atoms with E-state index in [1.807, 2.05) is 20.8 Å². The molecular weight excluding hydrogens is 196 g/mol. The van der Waals surface area contributed by atoms with Crippen LogP contribution in [0.25, 0.3) is 0 Å². The number of hydrogen-bond donors (Lipinski definition) is 1. The zero-order valence-electron chi connectivity index (χ0n) is 9.66. The number of amides is 2. The molecule has 0 aromatic carbocycles. The van der Waals surface area contributed by atoms with Gasteiger partial charge in [-0.1, -0.05) is 0 Å². The lowest BCUT2D eigenvalue weighted by Gasteiger charge is -2.40. The van der Waals surface area contributed by atoms with Crippen molar-refractivity contribution < 1.29 is 14.3 Å². The summed E-state index contributed by atoms with van der Waals surface area (Å²) in [7, 11) is 1.33. The minimum atomic E-state index is -0.405. The number of likely N-dealkylation sites (tertiary alicyclic amines) is 1. The molecule has 15 heavy (non-hydrogen) atoms. The van der Waals surface area contributed by atoms with Gasteiger partial charge in [0.1, 0.15) is 6.04 Å². The van der Waals surface area contributed by atoms with Crippen LogP contribution in [-0.2, 0) is 9.53 Å². The first-order valence-electron chi connectivity index (χ1n) is 5.02. The lowest BCUT2D eigenvalue weighted by molar-refractivity contribution is -0.149.